The third-order valence-corrected chi connectivity index (χ3v) is 4.26. The first-order chi connectivity index (χ1) is 11.6. The number of aliphatic imine (C=N–C) groups is 1. The molecule has 2 rings (SSSR count). The van der Waals surface area contributed by atoms with Crippen LogP contribution in [-0.2, 0) is 9.47 Å². The predicted octanol–water partition coefficient (Wildman–Crippen LogP) is 3.08. The predicted molar refractivity (Wildman–Crippen MR) is 114 cm³/mol. The van der Waals surface area contributed by atoms with Gasteiger partial charge in [-0.1, -0.05) is 36.8 Å². The van der Waals surface area contributed by atoms with E-state index in [9.17, 15) is 0 Å². The van der Waals surface area contributed by atoms with Crippen molar-refractivity contribution < 1.29 is 9.47 Å². The zero-order valence-electron chi connectivity index (χ0n) is 15.7. The third-order valence-electron chi connectivity index (χ3n) is 4.26. The smallest absolute Gasteiger partial charge is 0.191 e. The summed E-state index contributed by atoms with van der Waals surface area (Å²) >= 11 is 0. The van der Waals surface area contributed by atoms with Crippen molar-refractivity contribution in [1.82, 2.24) is 10.6 Å². The summed E-state index contributed by atoms with van der Waals surface area (Å²) in [5.41, 5.74) is 2.64. The first kappa shape index (κ1) is 22.2. The quantitative estimate of drug-likeness (QED) is 0.373. The number of aryl methyl sites for hydroxylation is 1. The number of guanidine groups is 1. The first-order valence-corrected chi connectivity index (χ1v) is 8.81. The van der Waals surface area contributed by atoms with Crippen LogP contribution in [0.5, 0.6) is 0 Å². The summed E-state index contributed by atoms with van der Waals surface area (Å²) in [6.07, 6.45) is 1.24. The highest BCUT2D eigenvalue weighted by molar-refractivity contribution is 14.0. The molecule has 0 aromatic heterocycles. The zero-order valence-corrected chi connectivity index (χ0v) is 18.1. The number of benzene rings is 1. The highest BCUT2D eigenvalue weighted by atomic mass is 127. The SMILES string of the molecule is CN=C(NCC(C)c1cccc(C)c1)NC(C)COC1CCOC1.I. The molecule has 0 radical (unpaired) electrons. The van der Waals surface area contributed by atoms with Crippen molar-refractivity contribution in [2.24, 2.45) is 4.99 Å². The summed E-state index contributed by atoms with van der Waals surface area (Å²) in [5.74, 6) is 1.24. The van der Waals surface area contributed by atoms with E-state index in [1.165, 1.54) is 11.1 Å². The largest absolute Gasteiger partial charge is 0.379 e. The van der Waals surface area contributed by atoms with E-state index in [-0.39, 0.29) is 36.1 Å². The van der Waals surface area contributed by atoms with Crippen molar-refractivity contribution in [3.05, 3.63) is 35.4 Å². The highest BCUT2D eigenvalue weighted by Gasteiger charge is 2.17. The van der Waals surface area contributed by atoms with Crippen molar-refractivity contribution in [2.75, 3.05) is 33.4 Å². The molecule has 1 aliphatic rings. The Hall–Kier alpha value is -0.860. The van der Waals surface area contributed by atoms with Crippen molar-refractivity contribution >= 4 is 29.9 Å². The number of rotatable bonds is 7. The van der Waals surface area contributed by atoms with Crippen molar-refractivity contribution in [3.63, 3.8) is 0 Å². The number of hydrogen-bond donors (Lipinski definition) is 2. The van der Waals surface area contributed by atoms with Crippen LogP contribution in [0, 0.1) is 6.92 Å². The normalized spacial score (nSPS) is 19.8. The average molecular weight is 461 g/mol. The van der Waals surface area contributed by atoms with Crippen LogP contribution in [0.3, 0.4) is 0 Å². The van der Waals surface area contributed by atoms with E-state index in [2.05, 4.69) is 60.7 Å². The molecular weight excluding hydrogens is 429 g/mol. The van der Waals surface area contributed by atoms with Gasteiger partial charge in [-0.05, 0) is 31.7 Å². The monoisotopic (exact) mass is 461 g/mol. The lowest BCUT2D eigenvalue weighted by Crippen LogP contribution is -2.45. The Kier molecular flexibility index (Phi) is 10.4. The highest BCUT2D eigenvalue weighted by Crippen LogP contribution is 2.15. The van der Waals surface area contributed by atoms with Crippen LogP contribution in [0.2, 0.25) is 0 Å². The molecule has 1 aromatic rings. The molecule has 2 N–H and O–H groups in total. The lowest BCUT2D eigenvalue weighted by Gasteiger charge is -2.21. The van der Waals surface area contributed by atoms with E-state index >= 15 is 0 Å². The van der Waals surface area contributed by atoms with Gasteiger partial charge in [0, 0.05) is 26.2 Å². The van der Waals surface area contributed by atoms with Crippen molar-refractivity contribution in [1.29, 1.82) is 0 Å². The van der Waals surface area contributed by atoms with E-state index in [1.807, 2.05) is 0 Å². The number of halogens is 1. The number of hydrogen-bond acceptors (Lipinski definition) is 3. The summed E-state index contributed by atoms with van der Waals surface area (Å²) in [6.45, 7) is 9.48. The van der Waals surface area contributed by atoms with Crippen LogP contribution in [0.1, 0.15) is 37.3 Å². The summed E-state index contributed by atoms with van der Waals surface area (Å²) in [4.78, 5) is 4.31. The molecule has 1 aromatic carbocycles. The molecule has 1 saturated heterocycles. The van der Waals surface area contributed by atoms with Gasteiger partial charge in [0.1, 0.15) is 0 Å². The van der Waals surface area contributed by atoms with E-state index in [4.69, 9.17) is 9.47 Å². The van der Waals surface area contributed by atoms with Crippen LogP contribution < -0.4 is 10.6 Å². The number of nitrogens with zero attached hydrogens (tertiary/aromatic N) is 1. The van der Waals surface area contributed by atoms with Gasteiger partial charge in [-0.2, -0.15) is 0 Å². The molecule has 3 unspecified atom stereocenters. The Balaban J connectivity index is 0.00000312. The van der Waals surface area contributed by atoms with Gasteiger partial charge < -0.3 is 20.1 Å². The molecule has 142 valence electrons. The second-order valence-corrected chi connectivity index (χ2v) is 6.63. The van der Waals surface area contributed by atoms with Gasteiger partial charge in [0.05, 0.1) is 19.3 Å². The molecule has 3 atom stereocenters. The summed E-state index contributed by atoms with van der Waals surface area (Å²) in [5, 5.41) is 6.79. The fraction of sp³-hybridized carbons (Fsp3) is 0.632. The summed E-state index contributed by atoms with van der Waals surface area (Å²) in [7, 11) is 1.80. The average Bonchev–Trinajstić information content (AvgIpc) is 3.10. The third kappa shape index (κ3) is 7.92. The molecule has 1 aliphatic heterocycles. The van der Waals surface area contributed by atoms with Crippen molar-refractivity contribution in [3.8, 4) is 0 Å². The maximum atomic E-state index is 5.85. The molecular formula is C19H32IN3O2. The van der Waals surface area contributed by atoms with E-state index in [0.717, 1.165) is 25.5 Å². The lowest BCUT2D eigenvalue weighted by atomic mass is 9.99. The van der Waals surface area contributed by atoms with E-state index in [1.54, 1.807) is 7.05 Å². The van der Waals surface area contributed by atoms with Gasteiger partial charge in [-0.3, -0.25) is 4.99 Å². The van der Waals surface area contributed by atoms with Gasteiger partial charge in [0.25, 0.3) is 0 Å². The van der Waals surface area contributed by atoms with Gasteiger partial charge in [-0.25, -0.2) is 0 Å². The molecule has 0 amide bonds. The maximum Gasteiger partial charge on any atom is 0.191 e. The van der Waals surface area contributed by atoms with Gasteiger partial charge in [0.15, 0.2) is 5.96 Å². The Bertz CT molecular complexity index is 533. The topological polar surface area (TPSA) is 54.9 Å². The molecule has 6 heteroatoms. The van der Waals surface area contributed by atoms with Gasteiger partial charge >= 0.3 is 0 Å². The minimum atomic E-state index is 0. The molecule has 5 nitrogen and oxygen atoms in total. The molecule has 0 aliphatic carbocycles. The van der Waals surface area contributed by atoms with Gasteiger partial charge in [0.2, 0.25) is 0 Å². The summed E-state index contributed by atoms with van der Waals surface area (Å²) in [6, 6.07) is 8.85. The zero-order chi connectivity index (χ0) is 17.4. The molecule has 1 fully saturated rings. The standard InChI is InChI=1S/C19H31N3O2.HI/c1-14-6-5-7-17(10-14)15(2)11-21-19(20-4)22-16(3)12-24-18-8-9-23-13-18;/h5-7,10,15-16,18H,8-9,11-13H2,1-4H3,(H2,20,21,22);1H. The van der Waals surface area contributed by atoms with Gasteiger partial charge in [-0.15, -0.1) is 24.0 Å². The second kappa shape index (κ2) is 11.7. The molecule has 0 saturated carbocycles. The minimum Gasteiger partial charge on any atom is -0.379 e. The van der Waals surface area contributed by atoms with Crippen LogP contribution in [0.25, 0.3) is 0 Å². The maximum absolute atomic E-state index is 5.85. The van der Waals surface area contributed by atoms with Crippen molar-refractivity contribution in [2.45, 2.75) is 45.3 Å². The fourth-order valence-corrected chi connectivity index (χ4v) is 2.74. The van der Waals surface area contributed by atoms with Crippen LogP contribution in [-0.4, -0.2) is 51.5 Å². The fourth-order valence-electron chi connectivity index (χ4n) is 2.74. The Morgan fingerprint density at radius 2 is 2.20 bits per heavy atom. The summed E-state index contributed by atoms with van der Waals surface area (Å²) < 4.78 is 11.2. The minimum absolute atomic E-state index is 0. The Morgan fingerprint density at radius 3 is 2.84 bits per heavy atom. The van der Waals surface area contributed by atoms with Crippen LogP contribution in [0.15, 0.2) is 29.3 Å². The molecule has 0 bridgehead atoms. The first-order valence-electron chi connectivity index (χ1n) is 8.81. The Morgan fingerprint density at radius 1 is 1.40 bits per heavy atom. The molecule has 1 heterocycles. The Labute approximate surface area is 169 Å². The number of ether oxygens (including phenoxy) is 2. The van der Waals surface area contributed by atoms with E-state index in [0.29, 0.717) is 19.1 Å². The van der Waals surface area contributed by atoms with Crippen LogP contribution in [0.4, 0.5) is 0 Å². The lowest BCUT2D eigenvalue weighted by molar-refractivity contribution is 0.0347. The van der Waals surface area contributed by atoms with Crippen LogP contribution >= 0.6 is 24.0 Å². The second-order valence-electron chi connectivity index (χ2n) is 6.63. The van der Waals surface area contributed by atoms with E-state index < -0.39 is 0 Å². The molecule has 25 heavy (non-hydrogen) atoms. The number of nitrogens with one attached hydrogen (secondary N) is 2. The molecule has 0 spiro atoms.